The third-order valence-corrected chi connectivity index (χ3v) is 8.11. The smallest absolute Gasteiger partial charge is 0.219 e. The van der Waals surface area contributed by atoms with Crippen LogP contribution < -0.4 is 0 Å². The number of aliphatic hydroxyl groups is 1. The summed E-state index contributed by atoms with van der Waals surface area (Å²) in [5.74, 6) is 0.184. The Morgan fingerprint density at radius 2 is 1.97 bits per heavy atom. The molecule has 3 aliphatic heterocycles. The van der Waals surface area contributed by atoms with Crippen LogP contribution >= 0.6 is 11.3 Å². The van der Waals surface area contributed by atoms with Crippen LogP contribution in [0.5, 0.6) is 0 Å². The van der Waals surface area contributed by atoms with Crippen LogP contribution in [-0.4, -0.2) is 89.2 Å². The van der Waals surface area contributed by atoms with Crippen LogP contribution in [0, 0.1) is 0 Å². The molecule has 1 N–H and O–H groups in total. The van der Waals surface area contributed by atoms with E-state index in [1.54, 1.807) is 25.4 Å². The van der Waals surface area contributed by atoms with Gasteiger partial charge in [-0.25, -0.2) is 4.98 Å². The molecule has 0 aliphatic carbocycles. The summed E-state index contributed by atoms with van der Waals surface area (Å²) in [6.07, 6.45) is 5.96. The van der Waals surface area contributed by atoms with E-state index in [1.165, 1.54) is 12.8 Å². The second-order valence-corrected chi connectivity index (χ2v) is 10.1. The molecular weight excluding hydrogens is 400 g/mol. The Balaban J connectivity index is 1.30. The van der Waals surface area contributed by atoms with Gasteiger partial charge in [-0.2, -0.15) is 0 Å². The van der Waals surface area contributed by atoms with Gasteiger partial charge in [0.15, 0.2) is 0 Å². The summed E-state index contributed by atoms with van der Waals surface area (Å²) in [6.45, 7) is 7.91. The Morgan fingerprint density at radius 1 is 1.23 bits per heavy atom. The molecule has 1 aromatic rings. The number of nitrogens with zero attached hydrogens (tertiary/aromatic N) is 4. The van der Waals surface area contributed by atoms with Crippen molar-refractivity contribution in [1.29, 1.82) is 0 Å². The van der Waals surface area contributed by atoms with E-state index in [0.717, 1.165) is 82.3 Å². The van der Waals surface area contributed by atoms with Gasteiger partial charge in [-0.15, -0.1) is 11.3 Å². The van der Waals surface area contributed by atoms with Gasteiger partial charge in [-0.1, -0.05) is 0 Å². The molecule has 168 valence electrons. The van der Waals surface area contributed by atoms with Gasteiger partial charge in [0.2, 0.25) is 5.91 Å². The predicted molar refractivity (Wildman–Crippen MR) is 117 cm³/mol. The first-order valence-corrected chi connectivity index (χ1v) is 12.3. The van der Waals surface area contributed by atoms with Gasteiger partial charge in [-0.05, 0) is 45.1 Å². The maximum atomic E-state index is 11.5. The number of thiazole rings is 1. The molecule has 1 amide bonds. The van der Waals surface area contributed by atoms with Crippen LogP contribution in [0.4, 0.5) is 0 Å². The van der Waals surface area contributed by atoms with Crippen molar-refractivity contribution in [2.24, 2.45) is 0 Å². The van der Waals surface area contributed by atoms with Crippen LogP contribution in [0.1, 0.15) is 56.2 Å². The van der Waals surface area contributed by atoms with E-state index in [9.17, 15) is 9.90 Å². The van der Waals surface area contributed by atoms with Crippen LogP contribution in [0.2, 0.25) is 0 Å². The third kappa shape index (κ3) is 4.88. The van der Waals surface area contributed by atoms with Gasteiger partial charge in [0.1, 0.15) is 10.6 Å². The molecule has 0 aromatic carbocycles. The van der Waals surface area contributed by atoms with E-state index in [-0.39, 0.29) is 5.91 Å². The molecule has 30 heavy (non-hydrogen) atoms. The van der Waals surface area contributed by atoms with Crippen molar-refractivity contribution >= 4 is 17.2 Å². The highest BCUT2D eigenvalue weighted by molar-refractivity contribution is 7.09. The number of hydrogen-bond acceptors (Lipinski definition) is 7. The lowest BCUT2D eigenvalue weighted by Crippen LogP contribution is -2.51. The maximum absolute atomic E-state index is 11.5. The number of piperidine rings is 2. The minimum atomic E-state index is -0.803. The second kappa shape index (κ2) is 9.61. The van der Waals surface area contributed by atoms with E-state index < -0.39 is 5.60 Å². The van der Waals surface area contributed by atoms with Crippen molar-refractivity contribution in [3.05, 3.63) is 16.1 Å². The van der Waals surface area contributed by atoms with E-state index in [0.29, 0.717) is 12.1 Å². The molecule has 0 spiro atoms. The molecule has 1 atom stereocenters. The first-order chi connectivity index (χ1) is 14.5. The largest absolute Gasteiger partial charge is 0.383 e. The predicted octanol–water partition coefficient (Wildman–Crippen LogP) is 2.05. The molecule has 0 saturated carbocycles. The zero-order valence-corrected chi connectivity index (χ0v) is 19.2. The number of carbonyl (C=O) groups excluding carboxylic acids is 1. The standard InChI is InChI=1S/C22H36N4O3S/c1-17(27)24-10-5-18(6-11-24)25-12-7-22(28,8-13-25)20-16-30-21(23-20)14-26-9-3-4-19(26)15-29-2/h16,18-19,28H,3-15H2,1-2H3/t19-/m1/s1. The Morgan fingerprint density at radius 3 is 2.63 bits per heavy atom. The van der Waals surface area contributed by atoms with Crippen molar-refractivity contribution in [3.63, 3.8) is 0 Å². The molecule has 3 saturated heterocycles. The zero-order valence-electron chi connectivity index (χ0n) is 18.4. The van der Waals surface area contributed by atoms with Crippen LogP contribution in [0.3, 0.4) is 0 Å². The fourth-order valence-electron chi connectivity index (χ4n) is 5.32. The minimum absolute atomic E-state index is 0.184. The van der Waals surface area contributed by atoms with Gasteiger partial charge >= 0.3 is 0 Å². The van der Waals surface area contributed by atoms with Crippen molar-refractivity contribution in [2.45, 2.75) is 69.7 Å². The third-order valence-electron chi connectivity index (χ3n) is 7.28. The normalized spacial score (nSPS) is 26.4. The van der Waals surface area contributed by atoms with E-state index in [1.807, 2.05) is 4.90 Å². The van der Waals surface area contributed by atoms with Gasteiger partial charge in [0, 0.05) is 57.7 Å². The number of hydrogen-bond donors (Lipinski definition) is 1. The van der Waals surface area contributed by atoms with Crippen LogP contribution in [-0.2, 0) is 21.7 Å². The molecule has 3 fully saturated rings. The summed E-state index contributed by atoms with van der Waals surface area (Å²) in [6, 6.07) is 1.02. The number of likely N-dealkylation sites (tertiary alicyclic amines) is 3. The number of aromatic nitrogens is 1. The average molecular weight is 437 g/mol. The lowest BCUT2D eigenvalue weighted by atomic mass is 9.87. The first-order valence-electron chi connectivity index (χ1n) is 11.4. The van der Waals surface area contributed by atoms with Crippen molar-refractivity contribution in [1.82, 2.24) is 19.7 Å². The highest BCUT2D eigenvalue weighted by Crippen LogP contribution is 2.35. The molecule has 4 heterocycles. The number of methoxy groups -OCH3 is 1. The molecule has 0 unspecified atom stereocenters. The number of rotatable bonds is 6. The summed E-state index contributed by atoms with van der Waals surface area (Å²) in [7, 11) is 1.77. The monoisotopic (exact) mass is 436 g/mol. The van der Waals surface area contributed by atoms with Gasteiger partial charge < -0.3 is 19.6 Å². The average Bonchev–Trinajstić information content (AvgIpc) is 3.40. The summed E-state index contributed by atoms with van der Waals surface area (Å²) >= 11 is 1.68. The van der Waals surface area contributed by atoms with Gasteiger partial charge in [0.05, 0.1) is 18.8 Å². The lowest BCUT2D eigenvalue weighted by Gasteiger charge is -2.43. The Bertz CT molecular complexity index is 711. The summed E-state index contributed by atoms with van der Waals surface area (Å²) in [5, 5.41) is 14.5. The molecule has 1 aromatic heterocycles. The van der Waals surface area contributed by atoms with Crippen LogP contribution in [0.25, 0.3) is 0 Å². The SMILES string of the molecule is COC[C@H]1CCCN1Cc1nc(C2(O)CCN(C3CCN(C(C)=O)CC3)CC2)cs1. The van der Waals surface area contributed by atoms with Gasteiger partial charge in [0.25, 0.3) is 0 Å². The molecule has 8 heteroatoms. The van der Waals surface area contributed by atoms with E-state index >= 15 is 0 Å². The molecule has 4 rings (SSSR count). The summed E-state index contributed by atoms with van der Waals surface area (Å²) < 4.78 is 5.37. The molecule has 7 nitrogen and oxygen atoms in total. The molecule has 0 radical (unpaired) electrons. The summed E-state index contributed by atoms with van der Waals surface area (Å²) in [4.78, 5) is 23.3. The second-order valence-electron chi connectivity index (χ2n) is 9.15. The topological polar surface area (TPSA) is 69.1 Å². The Hall–Kier alpha value is -1.06. The fraction of sp³-hybridized carbons (Fsp3) is 0.818. The molecule has 3 aliphatic rings. The van der Waals surface area contributed by atoms with Crippen molar-refractivity contribution in [2.75, 3.05) is 46.4 Å². The molecular formula is C22H36N4O3S. The van der Waals surface area contributed by atoms with E-state index in [4.69, 9.17) is 9.72 Å². The summed E-state index contributed by atoms with van der Waals surface area (Å²) in [5.41, 5.74) is 0.0541. The minimum Gasteiger partial charge on any atom is -0.383 e. The molecule has 0 bridgehead atoms. The maximum Gasteiger partial charge on any atom is 0.219 e. The van der Waals surface area contributed by atoms with Crippen molar-refractivity contribution < 1.29 is 14.6 Å². The highest BCUT2D eigenvalue weighted by atomic mass is 32.1. The van der Waals surface area contributed by atoms with Crippen molar-refractivity contribution in [3.8, 4) is 0 Å². The zero-order chi connectivity index (χ0) is 21.1. The first kappa shape index (κ1) is 22.1. The highest BCUT2D eigenvalue weighted by Gasteiger charge is 2.38. The quantitative estimate of drug-likeness (QED) is 0.736. The van der Waals surface area contributed by atoms with E-state index in [2.05, 4.69) is 15.2 Å². The lowest BCUT2D eigenvalue weighted by molar-refractivity contribution is -0.130. The number of carbonyl (C=O) groups is 1. The fourth-order valence-corrected chi connectivity index (χ4v) is 6.23. The Labute approximate surface area is 184 Å². The van der Waals surface area contributed by atoms with Gasteiger partial charge in [-0.3, -0.25) is 9.69 Å². The number of ether oxygens (including phenoxy) is 1. The Kier molecular flexibility index (Phi) is 7.09. The number of amides is 1. The van der Waals surface area contributed by atoms with Crippen LogP contribution in [0.15, 0.2) is 5.38 Å².